The molecular formula is C16H16N7NaO3. The number of anilines is 2. The third-order valence-electron chi connectivity index (χ3n) is 3.35. The van der Waals surface area contributed by atoms with Gasteiger partial charge in [-0.2, -0.15) is 0 Å². The summed E-state index contributed by atoms with van der Waals surface area (Å²) in [6, 6.07) is 10.3. The van der Waals surface area contributed by atoms with Gasteiger partial charge in [-0.1, -0.05) is 17.2 Å². The molecule has 0 radical (unpaired) electrons. The molecule has 0 aliphatic heterocycles. The molecule has 3 rings (SSSR count). The molecule has 2 aromatic heterocycles. The van der Waals surface area contributed by atoms with Crippen molar-refractivity contribution < 1.29 is 14.3 Å². The van der Waals surface area contributed by atoms with Crippen molar-refractivity contribution in [2.75, 3.05) is 17.7 Å². The predicted octanol–water partition coefficient (Wildman–Crippen LogP) is 0.832. The predicted molar refractivity (Wildman–Crippen MR) is 99.8 cm³/mol. The average Bonchev–Trinajstić information content (AvgIpc) is 3.14. The fourth-order valence-corrected chi connectivity index (χ4v) is 2.20. The SMILES string of the molecule is COc1cc(C(=O)Nc2nnn[nH]2)nc(-c2ccc(NC(C)=O)cc2)c1.[NaH]. The number of benzene rings is 1. The van der Waals surface area contributed by atoms with Gasteiger partial charge < -0.3 is 10.1 Å². The van der Waals surface area contributed by atoms with Crippen molar-refractivity contribution in [3.63, 3.8) is 0 Å². The molecule has 0 saturated heterocycles. The average molecular weight is 377 g/mol. The van der Waals surface area contributed by atoms with Gasteiger partial charge in [0.05, 0.1) is 12.8 Å². The van der Waals surface area contributed by atoms with Crippen molar-refractivity contribution >= 4 is 53.0 Å². The summed E-state index contributed by atoms with van der Waals surface area (Å²) in [4.78, 5) is 27.8. The number of hydrogen-bond donors (Lipinski definition) is 3. The number of tetrazole rings is 1. The Balaban J connectivity index is 0.00000261. The maximum atomic E-state index is 12.3. The molecule has 134 valence electrons. The Morgan fingerprint density at radius 1 is 1.11 bits per heavy atom. The van der Waals surface area contributed by atoms with Crippen molar-refractivity contribution in [3.8, 4) is 17.0 Å². The summed E-state index contributed by atoms with van der Waals surface area (Å²) in [6.45, 7) is 1.44. The van der Waals surface area contributed by atoms with Gasteiger partial charge in [0, 0.05) is 30.3 Å². The molecule has 0 unspecified atom stereocenters. The molecule has 0 aliphatic carbocycles. The minimum atomic E-state index is -0.487. The molecule has 1 aromatic carbocycles. The van der Waals surface area contributed by atoms with Gasteiger partial charge in [0.15, 0.2) is 0 Å². The van der Waals surface area contributed by atoms with E-state index in [9.17, 15) is 9.59 Å². The number of ether oxygens (including phenoxy) is 1. The van der Waals surface area contributed by atoms with Crippen LogP contribution >= 0.6 is 0 Å². The number of pyridine rings is 1. The molecule has 0 fully saturated rings. The topological polar surface area (TPSA) is 135 Å². The summed E-state index contributed by atoms with van der Waals surface area (Å²) in [7, 11) is 1.50. The normalized spacial score (nSPS) is 9.85. The number of carbonyl (C=O) groups excluding carboxylic acids is 2. The summed E-state index contributed by atoms with van der Waals surface area (Å²) in [5.74, 6) is -0.0562. The molecule has 27 heavy (non-hydrogen) atoms. The Kier molecular flexibility index (Phi) is 6.99. The molecular weight excluding hydrogens is 361 g/mol. The van der Waals surface area contributed by atoms with Crippen molar-refractivity contribution in [2.24, 2.45) is 0 Å². The first-order valence-corrected chi connectivity index (χ1v) is 7.54. The van der Waals surface area contributed by atoms with Gasteiger partial charge in [0.1, 0.15) is 11.4 Å². The van der Waals surface area contributed by atoms with E-state index in [-0.39, 0.29) is 47.1 Å². The van der Waals surface area contributed by atoms with E-state index in [0.717, 1.165) is 5.56 Å². The number of nitrogens with one attached hydrogen (secondary N) is 3. The van der Waals surface area contributed by atoms with E-state index in [1.165, 1.54) is 20.1 Å². The van der Waals surface area contributed by atoms with Crippen LogP contribution in [0.25, 0.3) is 11.3 Å². The first-order valence-electron chi connectivity index (χ1n) is 7.54. The van der Waals surface area contributed by atoms with Gasteiger partial charge in [-0.05, 0) is 22.6 Å². The standard InChI is InChI=1S/C16H15N7O3.Na.H/c1-9(24)17-11-5-3-10(4-6-11)13-7-12(26-2)8-14(18-13)15(25)19-16-20-22-23-21-16;;/h3-8H,1-2H3,(H,17,24)(H2,19,20,21,22,23,25);;. The number of methoxy groups -OCH3 is 1. The van der Waals surface area contributed by atoms with E-state index in [2.05, 4.69) is 36.2 Å². The zero-order chi connectivity index (χ0) is 18.5. The summed E-state index contributed by atoms with van der Waals surface area (Å²) < 4.78 is 5.25. The van der Waals surface area contributed by atoms with Crippen molar-refractivity contribution in [1.29, 1.82) is 0 Å². The van der Waals surface area contributed by atoms with E-state index in [1.54, 1.807) is 30.3 Å². The van der Waals surface area contributed by atoms with E-state index >= 15 is 0 Å². The maximum absolute atomic E-state index is 12.3. The summed E-state index contributed by atoms with van der Waals surface area (Å²) >= 11 is 0. The van der Waals surface area contributed by atoms with Crippen LogP contribution in [0.4, 0.5) is 11.6 Å². The van der Waals surface area contributed by atoms with E-state index in [4.69, 9.17) is 4.74 Å². The Morgan fingerprint density at radius 3 is 2.44 bits per heavy atom. The van der Waals surface area contributed by atoms with Gasteiger partial charge in [-0.25, -0.2) is 10.1 Å². The Bertz CT molecular complexity index is 930. The van der Waals surface area contributed by atoms with E-state index < -0.39 is 5.91 Å². The fraction of sp³-hybridized carbons (Fsp3) is 0.125. The zero-order valence-corrected chi connectivity index (χ0v) is 14.0. The third kappa shape index (κ3) is 5.33. The van der Waals surface area contributed by atoms with Gasteiger partial charge >= 0.3 is 29.6 Å². The molecule has 0 bridgehead atoms. The second kappa shape index (κ2) is 9.21. The number of carbonyl (C=O) groups is 2. The molecule has 2 heterocycles. The number of aromatic amines is 1. The molecule has 2 amide bonds. The van der Waals surface area contributed by atoms with Crippen LogP contribution in [0.15, 0.2) is 36.4 Å². The van der Waals surface area contributed by atoms with Gasteiger partial charge in [0.2, 0.25) is 11.9 Å². The first-order chi connectivity index (χ1) is 12.5. The Hall–Kier alpha value is -2.82. The number of H-pyrrole nitrogens is 1. The second-order valence-electron chi connectivity index (χ2n) is 5.24. The summed E-state index contributed by atoms with van der Waals surface area (Å²) in [6.07, 6.45) is 0. The van der Waals surface area contributed by atoms with Crippen molar-refractivity contribution in [3.05, 3.63) is 42.1 Å². The third-order valence-corrected chi connectivity index (χ3v) is 3.35. The van der Waals surface area contributed by atoms with Crippen molar-refractivity contribution in [1.82, 2.24) is 25.6 Å². The van der Waals surface area contributed by atoms with Crippen LogP contribution in [0.5, 0.6) is 5.75 Å². The quantitative estimate of drug-likeness (QED) is 0.561. The van der Waals surface area contributed by atoms with Gasteiger partial charge in [-0.15, -0.1) is 0 Å². The van der Waals surface area contributed by atoms with Crippen LogP contribution < -0.4 is 15.4 Å². The minimum absolute atomic E-state index is 0. The number of amides is 2. The Labute approximate surface area is 176 Å². The van der Waals surface area contributed by atoms with Gasteiger partial charge in [-0.3, -0.25) is 14.9 Å². The summed E-state index contributed by atoms with van der Waals surface area (Å²) in [5, 5.41) is 18.0. The van der Waals surface area contributed by atoms with E-state index in [1.807, 2.05) is 0 Å². The fourth-order valence-electron chi connectivity index (χ4n) is 2.20. The van der Waals surface area contributed by atoms with Crippen LogP contribution in [0.3, 0.4) is 0 Å². The second-order valence-corrected chi connectivity index (χ2v) is 5.24. The summed E-state index contributed by atoms with van der Waals surface area (Å²) in [5.41, 5.74) is 2.11. The monoisotopic (exact) mass is 377 g/mol. The molecule has 0 spiro atoms. The molecule has 0 atom stereocenters. The molecule has 0 aliphatic rings. The van der Waals surface area contributed by atoms with E-state index in [0.29, 0.717) is 17.1 Å². The zero-order valence-electron chi connectivity index (χ0n) is 14.0. The Morgan fingerprint density at radius 2 is 1.85 bits per heavy atom. The molecule has 3 aromatic rings. The molecule has 10 nitrogen and oxygen atoms in total. The molecule has 0 saturated carbocycles. The number of aromatic nitrogens is 5. The first kappa shape index (κ1) is 20.5. The van der Waals surface area contributed by atoms with Crippen LogP contribution in [0, 0.1) is 0 Å². The van der Waals surface area contributed by atoms with Crippen LogP contribution in [0.1, 0.15) is 17.4 Å². The van der Waals surface area contributed by atoms with Crippen molar-refractivity contribution in [2.45, 2.75) is 6.92 Å². The number of nitrogens with zero attached hydrogens (tertiary/aromatic N) is 4. The number of rotatable bonds is 5. The van der Waals surface area contributed by atoms with Crippen LogP contribution in [-0.4, -0.2) is 74.1 Å². The van der Waals surface area contributed by atoms with Crippen LogP contribution in [-0.2, 0) is 4.79 Å². The van der Waals surface area contributed by atoms with Crippen LogP contribution in [0.2, 0.25) is 0 Å². The molecule has 11 heteroatoms. The number of hydrogen-bond acceptors (Lipinski definition) is 7. The molecule has 3 N–H and O–H groups in total. The van der Waals surface area contributed by atoms with Gasteiger partial charge in [0.25, 0.3) is 5.91 Å².